The van der Waals surface area contributed by atoms with Crippen molar-refractivity contribution in [2.24, 2.45) is 5.73 Å². The molecule has 102 valence electrons. The van der Waals surface area contributed by atoms with E-state index in [0.717, 1.165) is 0 Å². The van der Waals surface area contributed by atoms with Gasteiger partial charge in [0.2, 0.25) is 0 Å². The first-order valence-corrected chi connectivity index (χ1v) is 8.09. The molecule has 2 atom stereocenters. The number of rotatable bonds is 4. The molecule has 1 heterocycles. The molecule has 2 rings (SSSR count). The molecular formula is C15H26N2S. The molecule has 0 aromatic carbocycles. The molecular weight excluding hydrogens is 240 g/mol. The van der Waals surface area contributed by atoms with Crippen LogP contribution in [0.15, 0.2) is 17.5 Å². The van der Waals surface area contributed by atoms with Crippen LogP contribution in [0.1, 0.15) is 56.4 Å². The molecule has 0 bridgehead atoms. The molecule has 2 N–H and O–H groups in total. The summed E-state index contributed by atoms with van der Waals surface area (Å²) >= 11 is 1.84. The van der Waals surface area contributed by atoms with Gasteiger partial charge in [0.05, 0.1) is 6.04 Å². The molecule has 3 heteroatoms. The Labute approximate surface area is 115 Å². The van der Waals surface area contributed by atoms with Crippen molar-refractivity contribution in [1.29, 1.82) is 0 Å². The van der Waals surface area contributed by atoms with E-state index in [1.807, 2.05) is 11.3 Å². The first-order valence-electron chi connectivity index (χ1n) is 7.21. The molecule has 0 saturated heterocycles. The highest BCUT2D eigenvalue weighted by atomic mass is 32.1. The first kappa shape index (κ1) is 14.0. The van der Waals surface area contributed by atoms with Crippen molar-refractivity contribution in [3.8, 4) is 0 Å². The molecule has 2 nitrogen and oxygen atoms in total. The van der Waals surface area contributed by atoms with E-state index < -0.39 is 0 Å². The molecule has 1 saturated carbocycles. The molecule has 1 aromatic rings. The van der Waals surface area contributed by atoms with Crippen LogP contribution in [0.5, 0.6) is 0 Å². The molecule has 0 aliphatic heterocycles. The first-order chi connectivity index (χ1) is 8.70. The smallest absolute Gasteiger partial charge is 0.0590 e. The zero-order valence-corrected chi connectivity index (χ0v) is 12.5. The minimum Gasteiger partial charge on any atom is -0.326 e. The average molecular weight is 266 g/mol. The van der Waals surface area contributed by atoms with E-state index in [1.165, 1.54) is 43.4 Å². The lowest BCUT2D eigenvalue weighted by Gasteiger charge is -2.36. The summed E-state index contributed by atoms with van der Waals surface area (Å²) in [6.45, 7) is 2.14. The van der Waals surface area contributed by atoms with Gasteiger partial charge in [0, 0.05) is 17.0 Å². The maximum absolute atomic E-state index is 6.24. The van der Waals surface area contributed by atoms with E-state index in [9.17, 15) is 0 Å². The number of thiophene rings is 1. The molecule has 0 radical (unpaired) electrons. The number of nitrogens with two attached hydrogens (primary N) is 1. The van der Waals surface area contributed by atoms with Crippen molar-refractivity contribution in [2.75, 3.05) is 7.05 Å². The Bertz CT molecular complexity index is 326. The van der Waals surface area contributed by atoms with Crippen molar-refractivity contribution in [3.63, 3.8) is 0 Å². The van der Waals surface area contributed by atoms with Gasteiger partial charge in [-0.25, -0.2) is 0 Å². The van der Waals surface area contributed by atoms with Gasteiger partial charge in [-0.2, -0.15) is 0 Å². The van der Waals surface area contributed by atoms with E-state index in [-0.39, 0.29) is 6.04 Å². The van der Waals surface area contributed by atoms with Gasteiger partial charge >= 0.3 is 0 Å². The summed E-state index contributed by atoms with van der Waals surface area (Å²) in [6.07, 6.45) is 8.25. The van der Waals surface area contributed by atoms with Crippen molar-refractivity contribution in [2.45, 2.75) is 63.6 Å². The standard InChI is InChI=1S/C15H26N2S/c1-12(16)15(14-10-7-11-18-14)17(2)13-8-5-3-4-6-9-13/h7,10-13,15H,3-6,8-9,16H2,1-2H3. The lowest BCUT2D eigenvalue weighted by Crippen LogP contribution is -2.42. The number of nitrogens with zero attached hydrogens (tertiary/aromatic N) is 1. The second kappa shape index (κ2) is 6.69. The van der Waals surface area contributed by atoms with E-state index in [4.69, 9.17) is 5.73 Å². The topological polar surface area (TPSA) is 29.3 Å². The van der Waals surface area contributed by atoms with Gasteiger partial charge in [0.25, 0.3) is 0 Å². The van der Waals surface area contributed by atoms with Crippen LogP contribution in [-0.2, 0) is 0 Å². The molecule has 2 unspecified atom stereocenters. The Hall–Kier alpha value is -0.380. The second-order valence-electron chi connectivity index (χ2n) is 5.63. The van der Waals surface area contributed by atoms with E-state index in [2.05, 4.69) is 36.4 Å². The predicted molar refractivity (Wildman–Crippen MR) is 80.0 cm³/mol. The SMILES string of the molecule is CC(N)C(c1cccs1)N(C)C1CCCCCC1. The quantitative estimate of drug-likeness (QED) is 0.840. The monoisotopic (exact) mass is 266 g/mol. The fourth-order valence-electron chi connectivity index (χ4n) is 3.18. The average Bonchev–Trinajstić information content (AvgIpc) is 2.70. The van der Waals surface area contributed by atoms with Crippen LogP contribution in [0.3, 0.4) is 0 Å². The fourth-order valence-corrected chi connectivity index (χ4v) is 4.17. The Morgan fingerprint density at radius 2 is 1.94 bits per heavy atom. The summed E-state index contributed by atoms with van der Waals surface area (Å²) in [5.74, 6) is 0. The predicted octanol–water partition coefficient (Wildman–Crippen LogP) is 3.79. The maximum atomic E-state index is 6.24. The number of hydrogen-bond acceptors (Lipinski definition) is 3. The van der Waals surface area contributed by atoms with Crippen LogP contribution in [0.4, 0.5) is 0 Å². The Balaban J connectivity index is 2.10. The molecule has 1 fully saturated rings. The third-order valence-electron chi connectivity index (χ3n) is 4.17. The van der Waals surface area contributed by atoms with Crippen molar-refractivity contribution < 1.29 is 0 Å². The van der Waals surface area contributed by atoms with Gasteiger partial charge < -0.3 is 5.73 Å². The molecule has 1 aromatic heterocycles. The number of likely N-dealkylation sites (N-methyl/N-ethyl adjacent to an activating group) is 1. The molecule has 1 aliphatic rings. The minimum absolute atomic E-state index is 0.192. The Morgan fingerprint density at radius 3 is 2.44 bits per heavy atom. The van der Waals surface area contributed by atoms with Crippen LogP contribution in [0.2, 0.25) is 0 Å². The highest BCUT2D eigenvalue weighted by molar-refractivity contribution is 7.10. The maximum Gasteiger partial charge on any atom is 0.0590 e. The van der Waals surface area contributed by atoms with Crippen molar-refractivity contribution in [3.05, 3.63) is 22.4 Å². The van der Waals surface area contributed by atoms with E-state index in [0.29, 0.717) is 12.1 Å². The summed E-state index contributed by atoms with van der Waals surface area (Å²) in [7, 11) is 2.27. The molecule has 18 heavy (non-hydrogen) atoms. The zero-order valence-electron chi connectivity index (χ0n) is 11.6. The lowest BCUT2D eigenvalue weighted by atomic mass is 10.0. The van der Waals surface area contributed by atoms with Gasteiger partial charge in [-0.05, 0) is 38.3 Å². The van der Waals surface area contributed by atoms with E-state index in [1.54, 1.807) is 0 Å². The van der Waals surface area contributed by atoms with Crippen LogP contribution in [0, 0.1) is 0 Å². The van der Waals surface area contributed by atoms with Crippen LogP contribution >= 0.6 is 11.3 Å². The van der Waals surface area contributed by atoms with Gasteiger partial charge in [0.15, 0.2) is 0 Å². The summed E-state index contributed by atoms with van der Waals surface area (Å²) in [4.78, 5) is 3.96. The minimum atomic E-state index is 0.192. The van der Waals surface area contributed by atoms with Crippen LogP contribution < -0.4 is 5.73 Å². The van der Waals surface area contributed by atoms with Gasteiger partial charge in [-0.3, -0.25) is 4.90 Å². The second-order valence-corrected chi connectivity index (χ2v) is 6.61. The summed E-state index contributed by atoms with van der Waals surface area (Å²) in [5, 5.41) is 2.16. The highest BCUT2D eigenvalue weighted by Gasteiger charge is 2.28. The lowest BCUT2D eigenvalue weighted by molar-refractivity contribution is 0.143. The Morgan fingerprint density at radius 1 is 1.28 bits per heavy atom. The van der Waals surface area contributed by atoms with Gasteiger partial charge in [0.1, 0.15) is 0 Å². The third kappa shape index (κ3) is 3.34. The van der Waals surface area contributed by atoms with E-state index >= 15 is 0 Å². The highest BCUT2D eigenvalue weighted by Crippen LogP contribution is 2.32. The molecule has 1 aliphatic carbocycles. The van der Waals surface area contributed by atoms with Gasteiger partial charge in [-0.1, -0.05) is 31.7 Å². The summed E-state index contributed by atoms with van der Waals surface area (Å²) in [5.41, 5.74) is 6.24. The van der Waals surface area contributed by atoms with Gasteiger partial charge in [-0.15, -0.1) is 11.3 Å². The molecule has 0 amide bonds. The van der Waals surface area contributed by atoms with Crippen molar-refractivity contribution in [1.82, 2.24) is 4.90 Å². The molecule has 0 spiro atoms. The summed E-state index contributed by atoms with van der Waals surface area (Å²) < 4.78 is 0. The fraction of sp³-hybridized carbons (Fsp3) is 0.733. The number of hydrogen-bond donors (Lipinski definition) is 1. The van der Waals surface area contributed by atoms with Crippen molar-refractivity contribution >= 4 is 11.3 Å². The van der Waals surface area contributed by atoms with Crippen LogP contribution in [-0.4, -0.2) is 24.0 Å². The zero-order chi connectivity index (χ0) is 13.0. The largest absolute Gasteiger partial charge is 0.326 e. The van der Waals surface area contributed by atoms with Crippen LogP contribution in [0.25, 0.3) is 0 Å². The Kier molecular flexibility index (Phi) is 5.22. The third-order valence-corrected chi connectivity index (χ3v) is 5.12. The normalized spacial score (nSPS) is 21.8. The summed E-state index contributed by atoms with van der Waals surface area (Å²) in [6, 6.07) is 5.65.